The van der Waals surface area contributed by atoms with Gasteiger partial charge in [0.15, 0.2) is 12.1 Å². The monoisotopic (exact) mass is 219 g/mol. The van der Waals surface area contributed by atoms with E-state index < -0.39 is 0 Å². The summed E-state index contributed by atoms with van der Waals surface area (Å²) in [4.78, 5) is 11.8. The summed E-state index contributed by atoms with van der Waals surface area (Å²) in [5.74, 6) is 2.01. The van der Waals surface area contributed by atoms with E-state index in [1.807, 2.05) is 36.0 Å². The number of hydrogen-bond donors (Lipinski definition) is 1. The summed E-state index contributed by atoms with van der Waals surface area (Å²) >= 11 is 1.84. The van der Waals surface area contributed by atoms with Crippen molar-refractivity contribution in [2.45, 2.75) is 6.04 Å². The van der Waals surface area contributed by atoms with Crippen LogP contribution in [-0.2, 0) is 4.79 Å². The van der Waals surface area contributed by atoms with Crippen LogP contribution in [0.4, 0.5) is 5.69 Å². The van der Waals surface area contributed by atoms with Crippen LogP contribution in [0.2, 0.25) is 0 Å². The number of hydrogen-bond acceptors (Lipinski definition) is 2. The molecule has 1 amide bonds. The Labute approximate surface area is 92.2 Å². The van der Waals surface area contributed by atoms with E-state index in [0.29, 0.717) is 0 Å². The minimum absolute atomic E-state index is 0.0925. The third-order valence-electron chi connectivity index (χ3n) is 2.76. The van der Waals surface area contributed by atoms with Crippen LogP contribution in [-0.4, -0.2) is 28.3 Å². The quantitative estimate of drug-likeness (QED) is 0.725. The molecule has 76 valence electrons. The SMILES string of the molecule is O=C1Nc2ccccc2C1[N+]1=CCSC1. The predicted molar refractivity (Wildman–Crippen MR) is 61.5 cm³/mol. The Bertz CT molecular complexity index is 456. The summed E-state index contributed by atoms with van der Waals surface area (Å²) in [5, 5.41) is 2.91. The lowest BCUT2D eigenvalue weighted by Gasteiger charge is -2.04. The van der Waals surface area contributed by atoms with E-state index in [2.05, 4.69) is 16.1 Å². The van der Waals surface area contributed by atoms with Crippen molar-refractivity contribution in [3.05, 3.63) is 29.8 Å². The normalized spacial score (nSPS) is 23.6. The highest BCUT2D eigenvalue weighted by Crippen LogP contribution is 2.33. The molecule has 0 aromatic heterocycles. The fraction of sp³-hybridized carbons (Fsp3) is 0.273. The van der Waals surface area contributed by atoms with E-state index in [1.54, 1.807) is 0 Å². The first-order chi connectivity index (χ1) is 7.36. The second-order valence-electron chi connectivity index (χ2n) is 3.68. The first-order valence-electron chi connectivity index (χ1n) is 4.93. The van der Waals surface area contributed by atoms with E-state index in [9.17, 15) is 4.79 Å². The molecule has 1 aromatic rings. The molecule has 15 heavy (non-hydrogen) atoms. The van der Waals surface area contributed by atoms with E-state index in [1.165, 1.54) is 0 Å². The van der Waals surface area contributed by atoms with Crippen LogP contribution in [0.15, 0.2) is 24.3 Å². The molecule has 0 saturated heterocycles. The molecule has 4 heteroatoms. The van der Waals surface area contributed by atoms with E-state index in [-0.39, 0.29) is 11.9 Å². The van der Waals surface area contributed by atoms with Crippen LogP contribution >= 0.6 is 11.8 Å². The number of anilines is 1. The summed E-state index contributed by atoms with van der Waals surface area (Å²) in [6.07, 6.45) is 2.11. The molecule has 2 aliphatic rings. The minimum Gasteiger partial charge on any atom is -0.319 e. The lowest BCUT2D eigenvalue weighted by molar-refractivity contribution is -0.531. The first kappa shape index (κ1) is 8.97. The molecule has 1 unspecified atom stereocenters. The van der Waals surface area contributed by atoms with Crippen LogP contribution in [0.1, 0.15) is 11.6 Å². The van der Waals surface area contributed by atoms with Crippen LogP contribution < -0.4 is 5.32 Å². The number of thioether (sulfide) groups is 1. The van der Waals surface area contributed by atoms with Crippen molar-refractivity contribution in [2.75, 3.05) is 16.9 Å². The maximum absolute atomic E-state index is 11.8. The zero-order valence-corrected chi connectivity index (χ0v) is 8.96. The molecule has 1 N–H and O–H groups in total. The lowest BCUT2D eigenvalue weighted by atomic mass is 10.1. The van der Waals surface area contributed by atoms with Gasteiger partial charge >= 0.3 is 0 Å². The van der Waals surface area contributed by atoms with Gasteiger partial charge in [0.1, 0.15) is 0 Å². The Morgan fingerprint density at radius 2 is 2.27 bits per heavy atom. The second-order valence-corrected chi connectivity index (χ2v) is 4.68. The molecular formula is C11H11N2OS+. The van der Waals surface area contributed by atoms with Gasteiger partial charge in [-0.15, -0.1) is 0 Å². The van der Waals surface area contributed by atoms with Crippen molar-refractivity contribution in [3.8, 4) is 0 Å². The third-order valence-corrected chi connectivity index (χ3v) is 3.63. The van der Waals surface area contributed by atoms with E-state index >= 15 is 0 Å². The van der Waals surface area contributed by atoms with Gasteiger partial charge in [-0.05, 0) is 12.1 Å². The molecule has 3 nitrogen and oxygen atoms in total. The predicted octanol–water partition coefficient (Wildman–Crippen LogP) is 1.47. The van der Waals surface area contributed by atoms with Gasteiger partial charge in [0.2, 0.25) is 0 Å². The molecule has 0 radical (unpaired) electrons. The van der Waals surface area contributed by atoms with Gasteiger partial charge in [0.05, 0.1) is 17.0 Å². The zero-order valence-electron chi connectivity index (χ0n) is 8.14. The standard InChI is InChI=1S/C11H10N2OS/c14-11-10(13-5-6-15-7-13)8-3-1-2-4-9(8)12-11/h1-5,10H,6-7H2/p+1. The maximum atomic E-state index is 11.8. The molecule has 3 rings (SSSR count). The number of amides is 1. The number of nitrogens with one attached hydrogen (secondary N) is 1. The van der Waals surface area contributed by atoms with Gasteiger partial charge in [-0.3, -0.25) is 4.79 Å². The molecule has 0 bridgehead atoms. The Hall–Kier alpha value is -1.29. The Morgan fingerprint density at radius 3 is 3.07 bits per heavy atom. The highest BCUT2D eigenvalue weighted by molar-refractivity contribution is 7.99. The molecule has 1 atom stereocenters. The molecule has 0 saturated carbocycles. The lowest BCUT2D eigenvalue weighted by Crippen LogP contribution is -2.23. The molecule has 0 fully saturated rings. The zero-order chi connectivity index (χ0) is 10.3. The van der Waals surface area contributed by atoms with Crippen molar-refractivity contribution in [3.63, 3.8) is 0 Å². The topological polar surface area (TPSA) is 32.1 Å². The second kappa shape index (κ2) is 3.38. The number of fused-ring (bicyclic) bond motifs is 1. The largest absolute Gasteiger partial charge is 0.319 e. The Balaban J connectivity index is 2.05. The highest BCUT2D eigenvalue weighted by Gasteiger charge is 2.39. The summed E-state index contributed by atoms with van der Waals surface area (Å²) in [7, 11) is 0. The van der Waals surface area contributed by atoms with E-state index in [4.69, 9.17) is 0 Å². The maximum Gasteiger partial charge on any atom is 0.298 e. The van der Waals surface area contributed by atoms with Gasteiger partial charge in [-0.25, -0.2) is 4.58 Å². The fourth-order valence-corrected chi connectivity index (χ4v) is 2.93. The van der Waals surface area contributed by atoms with Crippen LogP contribution in [0.3, 0.4) is 0 Å². The third kappa shape index (κ3) is 1.36. The average molecular weight is 219 g/mol. The molecule has 1 aromatic carbocycles. The minimum atomic E-state index is -0.115. The summed E-state index contributed by atoms with van der Waals surface area (Å²) in [5.41, 5.74) is 2.05. The number of carbonyl (C=O) groups excluding carboxylic acids is 1. The van der Waals surface area contributed by atoms with Crippen molar-refractivity contribution in [2.24, 2.45) is 0 Å². The van der Waals surface area contributed by atoms with Crippen LogP contribution in [0.5, 0.6) is 0 Å². The molecule has 0 aliphatic carbocycles. The summed E-state index contributed by atoms with van der Waals surface area (Å²) in [6, 6.07) is 7.79. The van der Waals surface area contributed by atoms with Gasteiger partial charge < -0.3 is 5.32 Å². The van der Waals surface area contributed by atoms with Gasteiger partial charge in [0.25, 0.3) is 11.9 Å². The number of nitrogens with zero attached hydrogens (tertiary/aromatic N) is 1. The average Bonchev–Trinajstić information content (AvgIpc) is 2.82. The number of rotatable bonds is 1. The summed E-state index contributed by atoms with van der Waals surface area (Å²) < 4.78 is 2.12. The molecule has 2 heterocycles. The van der Waals surface area contributed by atoms with Crippen molar-refractivity contribution >= 4 is 29.6 Å². The Kier molecular flexibility index (Phi) is 2.02. The van der Waals surface area contributed by atoms with Crippen molar-refractivity contribution < 1.29 is 9.37 Å². The van der Waals surface area contributed by atoms with Crippen LogP contribution in [0.25, 0.3) is 0 Å². The van der Waals surface area contributed by atoms with Gasteiger partial charge in [-0.1, -0.05) is 23.9 Å². The van der Waals surface area contributed by atoms with Crippen molar-refractivity contribution in [1.82, 2.24) is 0 Å². The van der Waals surface area contributed by atoms with Crippen molar-refractivity contribution in [1.29, 1.82) is 0 Å². The number of benzene rings is 1. The van der Waals surface area contributed by atoms with Crippen LogP contribution in [0, 0.1) is 0 Å². The molecule has 2 aliphatic heterocycles. The fourth-order valence-electron chi connectivity index (χ4n) is 2.06. The van der Waals surface area contributed by atoms with E-state index in [0.717, 1.165) is 22.9 Å². The smallest absolute Gasteiger partial charge is 0.298 e. The van der Waals surface area contributed by atoms with Gasteiger partial charge in [-0.2, -0.15) is 0 Å². The number of para-hydroxylation sites is 1. The molecule has 0 spiro atoms. The summed E-state index contributed by atoms with van der Waals surface area (Å²) in [6.45, 7) is 0. The first-order valence-corrected chi connectivity index (χ1v) is 6.08. The highest BCUT2D eigenvalue weighted by atomic mass is 32.2. The number of carbonyl (C=O) groups is 1. The Morgan fingerprint density at radius 1 is 1.40 bits per heavy atom. The molecular weight excluding hydrogens is 208 g/mol. The van der Waals surface area contributed by atoms with Gasteiger partial charge in [0, 0.05) is 0 Å².